The van der Waals surface area contributed by atoms with Crippen LogP contribution in [-0.4, -0.2) is 5.91 Å². The first kappa shape index (κ1) is 18.8. The summed E-state index contributed by atoms with van der Waals surface area (Å²) in [7, 11) is 0. The van der Waals surface area contributed by atoms with Crippen molar-refractivity contribution >= 4 is 34.8 Å². The number of hydrogen-bond donors (Lipinski definition) is 1. The molecule has 3 rings (SSSR count). The fourth-order valence-corrected chi connectivity index (χ4v) is 2.71. The molecule has 0 radical (unpaired) electrons. The van der Waals surface area contributed by atoms with E-state index in [4.69, 9.17) is 33.2 Å². The first-order valence-electron chi connectivity index (χ1n) is 8.03. The Morgan fingerprint density at radius 1 is 1.00 bits per heavy atom. The number of ether oxygens (including phenoxy) is 1. The van der Waals surface area contributed by atoms with Gasteiger partial charge in [0.15, 0.2) is 0 Å². The van der Waals surface area contributed by atoms with Crippen LogP contribution in [0.3, 0.4) is 0 Å². The van der Waals surface area contributed by atoms with Crippen molar-refractivity contribution in [1.82, 2.24) is 0 Å². The summed E-state index contributed by atoms with van der Waals surface area (Å²) >= 11 is 11.9. The largest absolute Gasteiger partial charge is 0.489 e. The van der Waals surface area contributed by atoms with E-state index in [2.05, 4.69) is 5.32 Å². The Balaban J connectivity index is 1.68. The number of carbonyl (C=O) groups is 1. The van der Waals surface area contributed by atoms with Crippen LogP contribution in [0.15, 0.2) is 66.7 Å². The molecule has 0 aliphatic rings. The molecular weight excluding hydrogens is 383 g/mol. The van der Waals surface area contributed by atoms with Gasteiger partial charge in [-0.15, -0.1) is 0 Å². The zero-order valence-electron chi connectivity index (χ0n) is 14.1. The number of nitrogens with one attached hydrogen (secondary N) is 1. The Labute approximate surface area is 166 Å². The quantitative estimate of drug-likeness (QED) is 0.601. The van der Waals surface area contributed by atoms with Crippen LogP contribution in [0.2, 0.25) is 10.0 Å². The van der Waals surface area contributed by atoms with Crippen LogP contribution in [0.5, 0.6) is 5.75 Å². The van der Waals surface area contributed by atoms with Crippen molar-refractivity contribution in [2.75, 3.05) is 5.32 Å². The zero-order valence-corrected chi connectivity index (χ0v) is 15.6. The molecule has 0 spiro atoms. The fraction of sp³-hybridized carbons (Fsp3) is 0.0476. The topological polar surface area (TPSA) is 62.1 Å². The van der Waals surface area contributed by atoms with E-state index >= 15 is 0 Å². The summed E-state index contributed by atoms with van der Waals surface area (Å²) in [5.74, 6) is 0.268. The highest BCUT2D eigenvalue weighted by atomic mass is 35.5. The third kappa shape index (κ3) is 5.01. The van der Waals surface area contributed by atoms with Crippen molar-refractivity contribution in [3.63, 3.8) is 0 Å². The Bertz CT molecular complexity index is 1030. The predicted molar refractivity (Wildman–Crippen MR) is 106 cm³/mol. The third-order valence-electron chi connectivity index (χ3n) is 3.74. The highest BCUT2D eigenvalue weighted by molar-refractivity contribution is 6.42. The van der Waals surface area contributed by atoms with E-state index in [-0.39, 0.29) is 5.91 Å². The lowest BCUT2D eigenvalue weighted by Crippen LogP contribution is -2.12. The summed E-state index contributed by atoms with van der Waals surface area (Å²) < 4.78 is 5.74. The average Bonchev–Trinajstić information content (AvgIpc) is 2.69. The van der Waals surface area contributed by atoms with Crippen molar-refractivity contribution in [2.24, 2.45) is 0 Å². The molecule has 0 unspecified atom stereocenters. The molecule has 4 nitrogen and oxygen atoms in total. The molecule has 0 aliphatic carbocycles. The van der Waals surface area contributed by atoms with Gasteiger partial charge in [-0.3, -0.25) is 4.79 Å². The summed E-state index contributed by atoms with van der Waals surface area (Å²) in [6, 6.07) is 20.9. The smallest absolute Gasteiger partial charge is 0.255 e. The summed E-state index contributed by atoms with van der Waals surface area (Å²) in [6.07, 6.45) is 0. The van der Waals surface area contributed by atoms with Crippen LogP contribution < -0.4 is 10.1 Å². The molecule has 0 saturated heterocycles. The van der Waals surface area contributed by atoms with Crippen LogP contribution in [0.25, 0.3) is 0 Å². The number of hydrogen-bond acceptors (Lipinski definition) is 3. The SMILES string of the molecule is N#Cc1cccc(NC(=O)c2cccc(OCc3ccc(Cl)c(Cl)c3)c2)c1. The van der Waals surface area contributed by atoms with Crippen LogP contribution >= 0.6 is 23.2 Å². The monoisotopic (exact) mass is 396 g/mol. The zero-order chi connectivity index (χ0) is 19.2. The van der Waals surface area contributed by atoms with Gasteiger partial charge in [0.25, 0.3) is 5.91 Å². The number of carbonyl (C=O) groups excluding carboxylic acids is 1. The van der Waals surface area contributed by atoms with Crippen LogP contribution in [-0.2, 0) is 6.61 Å². The molecular formula is C21H14Cl2N2O2. The minimum absolute atomic E-state index is 0.287. The molecule has 0 bridgehead atoms. The number of nitriles is 1. The van der Waals surface area contributed by atoms with Crippen molar-refractivity contribution in [2.45, 2.75) is 6.61 Å². The second kappa shape index (κ2) is 8.59. The minimum Gasteiger partial charge on any atom is -0.489 e. The Hall–Kier alpha value is -3.00. The number of halogens is 2. The Morgan fingerprint density at radius 3 is 2.59 bits per heavy atom. The van der Waals surface area contributed by atoms with Crippen LogP contribution in [0.1, 0.15) is 21.5 Å². The average molecular weight is 397 g/mol. The van der Waals surface area contributed by atoms with Gasteiger partial charge in [0.2, 0.25) is 0 Å². The Kier molecular flexibility index (Phi) is 5.97. The van der Waals surface area contributed by atoms with Crippen molar-refractivity contribution in [3.8, 4) is 11.8 Å². The van der Waals surface area contributed by atoms with Crippen LogP contribution in [0.4, 0.5) is 5.69 Å². The number of nitrogens with zero attached hydrogens (tertiary/aromatic N) is 1. The maximum absolute atomic E-state index is 12.4. The molecule has 0 aliphatic heterocycles. The fourth-order valence-electron chi connectivity index (χ4n) is 2.39. The van der Waals surface area contributed by atoms with E-state index in [0.29, 0.717) is 39.2 Å². The first-order chi connectivity index (χ1) is 13.0. The number of anilines is 1. The van der Waals surface area contributed by atoms with E-state index < -0.39 is 0 Å². The first-order valence-corrected chi connectivity index (χ1v) is 8.79. The van der Waals surface area contributed by atoms with E-state index in [0.717, 1.165) is 5.56 Å². The molecule has 3 aromatic carbocycles. The molecule has 3 aromatic rings. The summed E-state index contributed by atoms with van der Waals surface area (Å²) in [5.41, 5.74) is 2.35. The molecule has 1 amide bonds. The van der Waals surface area contributed by atoms with E-state index in [1.54, 1.807) is 60.7 Å². The standard InChI is InChI=1S/C21H14Cl2N2O2/c22-19-8-7-15(10-20(19)23)13-27-18-6-2-4-16(11-18)21(26)25-17-5-1-3-14(9-17)12-24/h1-11H,13H2,(H,25,26). The molecule has 27 heavy (non-hydrogen) atoms. The molecule has 0 heterocycles. The van der Waals surface area contributed by atoms with Gasteiger partial charge >= 0.3 is 0 Å². The predicted octanol–water partition coefficient (Wildman–Crippen LogP) is 5.70. The molecule has 1 N–H and O–H groups in total. The second-order valence-corrected chi connectivity index (χ2v) is 6.53. The lowest BCUT2D eigenvalue weighted by molar-refractivity contribution is 0.102. The third-order valence-corrected chi connectivity index (χ3v) is 4.47. The number of rotatable bonds is 5. The highest BCUT2D eigenvalue weighted by Gasteiger charge is 2.08. The normalized spacial score (nSPS) is 10.1. The van der Waals surface area contributed by atoms with Gasteiger partial charge in [-0.1, -0.05) is 41.4 Å². The molecule has 134 valence electrons. The maximum Gasteiger partial charge on any atom is 0.255 e. The molecule has 6 heteroatoms. The number of benzene rings is 3. The summed E-state index contributed by atoms with van der Waals surface area (Å²) in [6.45, 7) is 0.298. The van der Waals surface area contributed by atoms with Crippen molar-refractivity contribution in [1.29, 1.82) is 5.26 Å². The lowest BCUT2D eigenvalue weighted by atomic mass is 10.1. The van der Waals surface area contributed by atoms with Gasteiger partial charge < -0.3 is 10.1 Å². The van der Waals surface area contributed by atoms with Crippen molar-refractivity contribution in [3.05, 3.63) is 93.5 Å². The number of amides is 1. The van der Waals surface area contributed by atoms with Gasteiger partial charge in [-0.05, 0) is 54.1 Å². The summed E-state index contributed by atoms with van der Waals surface area (Å²) in [4.78, 5) is 12.4. The molecule has 0 aromatic heterocycles. The molecule has 0 fully saturated rings. The highest BCUT2D eigenvalue weighted by Crippen LogP contribution is 2.24. The lowest BCUT2D eigenvalue weighted by Gasteiger charge is -2.09. The molecule has 0 atom stereocenters. The minimum atomic E-state index is -0.287. The van der Waals surface area contributed by atoms with Gasteiger partial charge in [-0.2, -0.15) is 5.26 Å². The van der Waals surface area contributed by atoms with E-state index in [9.17, 15) is 4.79 Å². The molecule has 0 saturated carbocycles. The van der Waals surface area contributed by atoms with Gasteiger partial charge in [0.05, 0.1) is 21.7 Å². The Morgan fingerprint density at radius 2 is 1.81 bits per heavy atom. The second-order valence-electron chi connectivity index (χ2n) is 5.71. The van der Waals surface area contributed by atoms with Crippen LogP contribution in [0, 0.1) is 11.3 Å². The van der Waals surface area contributed by atoms with E-state index in [1.807, 2.05) is 12.1 Å². The maximum atomic E-state index is 12.4. The van der Waals surface area contributed by atoms with Gasteiger partial charge in [-0.25, -0.2) is 0 Å². The van der Waals surface area contributed by atoms with Gasteiger partial charge in [0.1, 0.15) is 12.4 Å². The van der Waals surface area contributed by atoms with Crippen molar-refractivity contribution < 1.29 is 9.53 Å². The van der Waals surface area contributed by atoms with E-state index in [1.165, 1.54) is 0 Å². The summed E-state index contributed by atoms with van der Waals surface area (Å²) in [5, 5.41) is 12.7. The van der Waals surface area contributed by atoms with Gasteiger partial charge in [0, 0.05) is 11.3 Å².